The van der Waals surface area contributed by atoms with Crippen LogP contribution in [0.2, 0.25) is 0 Å². The van der Waals surface area contributed by atoms with E-state index in [-0.39, 0.29) is 5.91 Å². The van der Waals surface area contributed by atoms with Crippen LogP contribution in [0.4, 0.5) is 5.13 Å². The first-order valence-electron chi connectivity index (χ1n) is 7.56. The summed E-state index contributed by atoms with van der Waals surface area (Å²) >= 11 is 1.53. The number of nitrogens with zero attached hydrogens (tertiary/aromatic N) is 1. The Morgan fingerprint density at radius 2 is 1.90 bits per heavy atom. The van der Waals surface area contributed by atoms with E-state index >= 15 is 0 Å². The third-order valence-corrected chi connectivity index (χ3v) is 4.86. The highest BCUT2D eigenvalue weighted by atomic mass is 32.1. The minimum absolute atomic E-state index is 0.0838. The van der Waals surface area contributed by atoms with E-state index in [1.165, 1.54) is 43.4 Å². The van der Waals surface area contributed by atoms with Crippen LogP contribution in [0.1, 0.15) is 59.6 Å². The second-order valence-corrected chi connectivity index (χ2v) is 6.59. The molecule has 0 saturated heterocycles. The standard InChI is InChI=1S/C17H20N2OS/c1-12-7-9-14(10-8-12)16(20)19-17-18-15(11-21-17)13-5-3-2-4-6-13/h7-11,13H,2-6H2,1H3,(H,18,19,20). The minimum Gasteiger partial charge on any atom is -0.298 e. The zero-order valence-electron chi connectivity index (χ0n) is 12.3. The molecule has 0 spiro atoms. The third-order valence-electron chi connectivity index (χ3n) is 4.08. The first-order chi connectivity index (χ1) is 10.2. The number of carbonyl (C=O) groups is 1. The smallest absolute Gasteiger partial charge is 0.257 e. The van der Waals surface area contributed by atoms with Gasteiger partial charge in [-0.2, -0.15) is 0 Å². The van der Waals surface area contributed by atoms with Crippen LogP contribution in [0, 0.1) is 6.92 Å². The van der Waals surface area contributed by atoms with E-state index in [1.807, 2.05) is 31.2 Å². The highest BCUT2D eigenvalue weighted by molar-refractivity contribution is 7.14. The summed E-state index contributed by atoms with van der Waals surface area (Å²) in [4.78, 5) is 16.8. The molecule has 4 heteroatoms. The highest BCUT2D eigenvalue weighted by Gasteiger charge is 2.18. The van der Waals surface area contributed by atoms with Gasteiger partial charge in [0.15, 0.2) is 5.13 Å². The Morgan fingerprint density at radius 3 is 2.62 bits per heavy atom. The van der Waals surface area contributed by atoms with Crippen molar-refractivity contribution in [1.29, 1.82) is 0 Å². The summed E-state index contributed by atoms with van der Waals surface area (Å²) in [7, 11) is 0. The van der Waals surface area contributed by atoms with Gasteiger partial charge in [-0.25, -0.2) is 4.98 Å². The maximum atomic E-state index is 12.2. The van der Waals surface area contributed by atoms with Crippen molar-refractivity contribution in [1.82, 2.24) is 4.98 Å². The van der Waals surface area contributed by atoms with Gasteiger partial charge in [-0.1, -0.05) is 37.0 Å². The number of rotatable bonds is 3. The predicted molar refractivity (Wildman–Crippen MR) is 87.1 cm³/mol. The molecule has 0 unspecified atom stereocenters. The number of amides is 1. The van der Waals surface area contributed by atoms with Crippen molar-refractivity contribution in [3.63, 3.8) is 0 Å². The van der Waals surface area contributed by atoms with Crippen LogP contribution in [0.3, 0.4) is 0 Å². The third kappa shape index (κ3) is 3.50. The average Bonchev–Trinajstić information content (AvgIpc) is 2.97. The molecule has 1 N–H and O–H groups in total. The van der Waals surface area contributed by atoms with E-state index in [1.54, 1.807) is 0 Å². The lowest BCUT2D eigenvalue weighted by molar-refractivity contribution is 0.102. The fraction of sp³-hybridized carbons (Fsp3) is 0.412. The Morgan fingerprint density at radius 1 is 1.19 bits per heavy atom. The van der Waals surface area contributed by atoms with Gasteiger partial charge in [0.25, 0.3) is 5.91 Å². The van der Waals surface area contributed by atoms with Crippen molar-refractivity contribution in [2.45, 2.75) is 44.9 Å². The molecule has 3 nitrogen and oxygen atoms in total. The maximum Gasteiger partial charge on any atom is 0.257 e. The number of hydrogen-bond donors (Lipinski definition) is 1. The second-order valence-electron chi connectivity index (χ2n) is 5.73. The lowest BCUT2D eigenvalue weighted by atomic mass is 9.87. The van der Waals surface area contributed by atoms with E-state index in [0.717, 1.165) is 11.3 Å². The molecule has 0 atom stereocenters. The van der Waals surface area contributed by atoms with E-state index in [4.69, 9.17) is 0 Å². The largest absolute Gasteiger partial charge is 0.298 e. The first-order valence-corrected chi connectivity index (χ1v) is 8.44. The molecule has 1 aromatic carbocycles. The van der Waals surface area contributed by atoms with Crippen LogP contribution in [0.5, 0.6) is 0 Å². The van der Waals surface area contributed by atoms with Crippen LogP contribution >= 0.6 is 11.3 Å². The number of hydrogen-bond acceptors (Lipinski definition) is 3. The molecule has 0 radical (unpaired) electrons. The zero-order chi connectivity index (χ0) is 14.7. The van der Waals surface area contributed by atoms with Gasteiger partial charge in [0.1, 0.15) is 0 Å². The quantitative estimate of drug-likeness (QED) is 0.888. The maximum absolute atomic E-state index is 12.2. The average molecular weight is 300 g/mol. The van der Waals surface area contributed by atoms with Crippen molar-refractivity contribution in [2.24, 2.45) is 0 Å². The van der Waals surface area contributed by atoms with Crippen LogP contribution in [-0.2, 0) is 0 Å². The molecular weight excluding hydrogens is 280 g/mol. The summed E-state index contributed by atoms with van der Waals surface area (Å²) in [5.41, 5.74) is 2.98. The number of aromatic nitrogens is 1. The molecule has 1 aliphatic carbocycles. The summed E-state index contributed by atoms with van der Waals surface area (Å²) < 4.78 is 0. The molecule has 1 aliphatic rings. The number of benzene rings is 1. The van der Waals surface area contributed by atoms with Gasteiger partial charge in [-0.05, 0) is 31.9 Å². The van der Waals surface area contributed by atoms with Crippen molar-refractivity contribution in [2.75, 3.05) is 5.32 Å². The van der Waals surface area contributed by atoms with Crippen LogP contribution in [0.15, 0.2) is 29.6 Å². The Kier molecular flexibility index (Phi) is 4.34. The second kappa shape index (κ2) is 6.39. The van der Waals surface area contributed by atoms with Gasteiger partial charge >= 0.3 is 0 Å². The monoisotopic (exact) mass is 300 g/mol. The van der Waals surface area contributed by atoms with Gasteiger partial charge in [0, 0.05) is 16.9 Å². The Hall–Kier alpha value is -1.68. The first kappa shape index (κ1) is 14.3. The van der Waals surface area contributed by atoms with Gasteiger partial charge in [-0.3, -0.25) is 10.1 Å². The van der Waals surface area contributed by atoms with Gasteiger partial charge in [0.05, 0.1) is 5.69 Å². The molecule has 1 heterocycles. The van der Waals surface area contributed by atoms with Gasteiger partial charge < -0.3 is 0 Å². The number of thiazole rings is 1. The molecule has 2 aromatic rings. The predicted octanol–water partition coefficient (Wildman–Crippen LogP) is 4.75. The van der Waals surface area contributed by atoms with Gasteiger partial charge in [0.2, 0.25) is 0 Å². The fourth-order valence-corrected chi connectivity index (χ4v) is 3.59. The number of anilines is 1. The number of carbonyl (C=O) groups excluding carboxylic acids is 1. The summed E-state index contributed by atoms with van der Waals surface area (Å²) in [5, 5.41) is 5.71. The molecule has 21 heavy (non-hydrogen) atoms. The van der Waals surface area contributed by atoms with E-state index < -0.39 is 0 Å². The van der Waals surface area contributed by atoms with Crippen LogP contribution < -0.4 is 5.32 Å². The molecule has 1 aromatic heterocycles. The van der Waals surface area contributed by atoms with E-state index in [2.05, 4.69) is 15.7 Å². The van der Waals surface area contributed by atoms with E-state index in [9.17, 15) is 4.79 Å². The summed E-state index contributed by atoms with van der Waals surface area (Å²) in [6, 6.07) is 7.59. The topological polar surface area (TPSA) is 42.0 Å². The summed E-state index contributed by atoms with van der Waals surface area (Å²) in [6.07, 6.45) is 6.41. The van der Waals surface area contributed by atoms with Crippen molar-refractivity contribution < 1.29 is 4.79 Å². The molecule has 0 bridgehead atoms. The minimum atomic E-state index is -0.0838. The highest BCUT2D eigenvalue weighted by Crippen LogP contribution is 2.34. The Bertz CT molecular complexity index is 612. The summed E-state index contributed by atoms with van der Waals surface area (Å²) in [5.74, 6) is 0.500. The molecule has 110 valence electrons. The zero-order valence-corrected chi connectivity index (χ0v) is 13.1. The molecule has 3 rings (SSSR count). The lowest BCUT2D eigenvalue weighted by Gasteiger charge is -2.19. The Labute approximate surface area is 129 Å². The lowest BCUT2D eigenvalue weighted by Crippen LogP contribution is -2.12. The van der Waals surface area contributed by atoms with E-state index in [0.29, 0.717) is 16.6 Å². The fourth-order valence-electron chi connectivity index (χ4n) is 2.80. The number of aryl methyl sites for hydroxylation is 1. The molecular formula is C17H20N2OS. The molecule has 1 saturated carbocycles. The van der Waals surface area contributed by atoms with Crippen molar-refractivity contribution >= 4 is 22.4 Å². The summed E-state index contributed by atoms with van der Waals surface area (Å²) in [6.45, 7) is 2.01. The molecule has 0 aliphatic heterocycles. The van der Waals surface area contributed by atoms with Crippen LogP contribution in [0.25, 0.3) is 0 Å². The molecule has 1 fully saturated rings. The SMILES string of the molecule is Cc1ccc(C(=O)Nc2nc(C3CCCCC3)cs2)cc1. The number of nitrogens with one attached hydrogen (secondary N) is 1. The Balaban J connectivity index is 1.66. The van der Waals surface area contributed by atoms with Crippen molar-refractivity contribution in [3.8, 4) is 0 Å². The van der Waals surface area contributed by atoms with Crippen LogP contribution in [-0.4, -0.2) is 10.9 Å². The normalized spacial score (nSPS) is 15.9. The van der Waals surface area contributed by atoms with Crippen molar-refractivity contribution in [3.05, 3.63) is 46.5 Å². The van der Waals surface area contributed by atoms with Gasteiger partial charge in [-0.15, -0.1) is 11.3 Å². The molecule has 1 amide bonds.